The molecule has 1 saturated heterocycles. The van der Waals surface area contributed by atoms with Crippen molar-refractivity contribution >= 4 is 5.91 Å². The second kappa shape index (κ2) is 5.35. The highest BCUT2D eigenvalue weighted by Crippen LogP contribution is 2.13. The Hall–Kier alpha value is -1.62. The van der Waals surface area contributed by atoms with Crippen LogP contribution in [0.15, 0.2) is 17.1 Å². The zero-order chi connectivity index (χ0) is 13.1. The highest BCUT2D eigenvalue weighted by molar-refractivity contribution is 5.93. The maximum absolute atomic E-state index is 12.0. The third-order valence-electron chi connectivity index (χ3n) is 3.12. The average molecular weight is 250 g/mol. The lowest BCUT2D eigenvalue weighted by atomic mass is 10.0. The van der Waals surface area contributed by atoms with Gasteiger partial charge in [0.05, 0.1) is 6.10 Å². The summed E-state index contributed by atoms with van der Waals surface area (Å²) in [6, 6.07) is 1.52. The van der Waals surface area contributed by atoms with E-state index in [4.69, 9.17) is 4.74 Å². The summed E-state index contributed by atoms with van der Waals surface area (Å²) in [5.41, 5.74) is 0.667. The summed E-state index contributed by atoms with van der Waals surface area (Å²) in [5, 5.41) is 2.89. The van der Waals surface area contributed by atoms with Crippen LogP contribution in [0.5, 0.6) is 0 Å². The van der Waals surface area contributed by atoms with Crippen LogP contribution in [0, 0.1) is 6.92 Å². The van der Waals surface area contributed by atoms with Crippen molar-refractivity contribution in [2.45, 2.75) is 38.8 Å². The molecule has 1 amide bonds. The van der Waals surface area contributed by atoms with Gasteiger partial charge in [-0.05, 0) is 26.7 Å². The van der Waals surface area contributed by atoms with Gasteiger partial charge in [-0.1, -0.05) is 0 Å². The molecule has 18 heavy (non-hydrogen) atoms. The summed E-state index contributed by atoms with van der Waals surface area (Å²) in [6.45, 7) is 4.41. The van der Waals surface area contributed by atoms with Gasteiger partial charge in [-0.2, -0.15) is 0 Å². The number of aromatic nitrogens is 1. The summed E-state index contributed by atoms with van der Waals surface area (Å²) in [5.74, 6) is -0.310. The third-order valence-corrected chi connectivity index (χ3v) is 3.12. The molecule has 0 aliphatic carbocycles. The number of ether oxygens (including phenoxy) is 1. The van der Waals surface area contributed by atoms with E-state index in [1.807, 2.05) is 6.92 Å². The van der Waals surface area contributed by atoms with Gasteiger partial charge >= 0.3 is 0 Å². The van der Waals surface area contributed by atoms with E-state index < -0.39 is 0 Å². The van der Waals surface area contributed by atoms with Crippen LogP contribution in [-0.2, 0) is 4.74 Å². The van der Waals surface area contributed by atoms with Crippen LogP contribution < -0.4 is 10.7 Å². The molecule has 2 atom stereocenters. The van der Waals surface area contributed by atoms with Crippen molar-refractivity contribution in [1.82, 2.24) is 10.3 Å². The number of rotatable bonds is 2. The molecule has 2 rings (SSSR count). The van der Waals surface area contributed by atoms with Crippen LogP contribution in [0.4, 0.5) is 0 Å². The Morgan fingerprint density at radius 2 is 2.33 bits per heavy atom. The zero-order valence-electron chi connectivity index (χ0n) is 10.7. The molecule has 1 aromatic rings. The van der Waals surface area contributed by atoms with Crippen molar-refractivity contribution in [3.63, 3.8) is 0 Å². The van der Waals surface area contributed by atoms with E-state index in [9.17, 15) is 9.59 Å². The van der Waals surface area contributed by atoms with Crippen LogP contribution >= 0.6 is 0 Å². The summed E-state index contributed by atoms with van der Waals surface area (Å²) < 4.78 is 5.42. The van der Waals surface area contributed by atoms with Crippen LogP contribution in [0.3, 0.4) is 0 Å². The number of nitrogens with one attached hydrogen (secondary N) is 2. The molecule has 5 nitrogen and oxygen atoms in total. The Labute approximate surface area is 106 Å². The highest BCUT2D eigenvalue weighted by atomic mass is 16.5. The summed E-state index contributed by atoms with van der Waals surface area (Å²) in [4.78, 5) is 26.5. The fourth-order valence-corrected chi connectivity index (χ4v) is 2.14. The molecule has 0 saturated carbocycles. The van der Waals surface area contributed by atoms with Crippen LogP contribution in [0.25, 0.3) is 0 Å². The lowest BCUT2D eigenvalue weighted by Gasteiger charge is -2.27. The van der Waals surface area contributed by atoms with E-state index in [-0.39, 0.29) is 29.0 Å². The minimum atomic E-state index is -0.310. The maximum atomic E-state index is 12.0. The van der Waals surface area contributed by atoms with E-state index in [0.29, 0.717) is 6.61 Å². The fourth-order valence-electron chi connectivity index (χ4n) is 2.14. The lowest BCUT2D eigenvalue weighted by Crippen LogP contribution is -2.42. The summed E-state index contributed by atoms with van der Waals surface area (Å²) in [6.07, 6.45) is 3.20. The molecule has 1 aliphatic heterocycles. The SMILES string of the molecule is Cc1cc(=O)c(C(=O)NC2CCOC(C)C2)c[nH]1. The first kappa shape index (κ1) is 12.8. The number of hydrogen-bond acceptors (Lipinski definition) is 3. The number of aromatic amines is 1. The minimum absolute atomic E-state index is 0.0851. The van der Waals surface area contributed by atoms with Crippen molar-refractivity contribution in [2.75, 3.05) is 6.61 Å². The van der Waals surface area contributed by atoms with E-state index in [1.165, 1.54) is 12.3 Å². The molecule has 1 fully saturated rings. The summed E-state index contributed by atoms with van der Waals surface area (Å²) >= 11 is 0. The van der Waals surface area contributed by atoms with Crippen molar-refractivity contribution in [1.29, 1.82) is 0 Å². The number of pyridine rings is 1. The molecule has 1 aliphatic rings. The molecule has 0 spiro atoms. The second-order valence-corrected chi connectivity index (χ2v) is 4.77. The van der Waals surface area contributed by atoms with E-state index in [2.05, 4.69) is 10.3 Å². The van der Waals surface area contributed by atoms with Gasteiger partial charge in [-0.15, -0.1) is 0 Å². The lowest BCUT2D eigenvalue weighted by molar-refractivity contribution is 0.0136. The first-order valence-corrected chi connectivity index (χ1v) is 6.18. The van der Waals surface area contributed by atoms with Crippen molar-refractivity contribution in [2.24, 2.45) is 0 Å². The smallest absolute Gasteiger partial charge is 0.256 e. The molecule has 0 aromatic carbocycles. The summed E-state index contributed by atoms with van der Waals surface area (Å²) in [7, 11) is 0. The standard InChI is InChI=1S/C13H18N2O3/c1-8-5-12(16)11(7-14-8)13(17)15-10-3-4-18-9(2)6-10/h5,7,9-10H,3-4,6H2,1-2H3,(H,14,16)(H,15,17). The largest absolute Gasteiger partial charge is 0.378 e. The molecule has 0 bridgehead atoms. The Bertz CT molecular complexity index is 495. The van der Waals surface area contributed by atoms with Gasteiger partial charge in [0, 0.05) is 30.6 Å². The molecule has 2 heterocycles. The number of carbonyl (C=O) groups excluding carboxylic acids is 1. The van der Waals surface area contributed by atoms with Gasteiger partial charge in [0.25, 0.3) is 5.91 Å². The van der Waals surface area contributed by atoms with E-state index in [0.717, 1.165) is 18.5 Å². The van der Waals surface area contributed by atoms with Gasteiger partial charge in [0.15, 0.2) is 5.43 Å². The predicted octanol–water partition coefficient (Wildman–Crippen LogP) is 0.981. The minimum Gasteiger partial charge on any atom is -0.378 e. The predicted molar refractivity (Wildman–Crippen MR) is 67.7 cm³/mol. The topological polar surface area (TPSA) is 71.2 Å². The molecular formula is C13H18N2O3. The van der Waals surface area contributed by atoms with E-state index >= 15 is 0 Å². The molecular weight excluding hydrogens is 232 g/mol. The van der Waals surface area contributed by atoms with Crippen molar-refractivity contribution < 1.29 is 9.53 Å². The number of amides is 1. The third kappa shape index (κ3) is 2.98. The Kier molecular flexibility index (Phi) is 3.81. The first-order valence-electron chi connectivity index (χ1n) is 6.18. The Morgan fingerprint density at radius 1 is 1.56 bits per heavy atom. The Balaban J connectivity index is 2.05. The molecule has 2 N–H and O–H groups in total. The molecule has 2 unspecified atom stereocenters. The number of H-pyrrole nitrogens is 1. The van der Waals surface area contributed by atoms with Gasteiger partial charge in [-0.25, -0.2) is 0 Å². The normalized spacial score (nSPS) is 23.7. The molecule has 0 radical (unpaired) electrons. The van der Waals surface area contributed by atoms with Crippen molar-refractivity contribution in [3.8, 4) is 0 Å². The Morgan fingerprint density at radius 3 is 3.00 bits per heavy atom. The monoisotopic (exact) mass is 250 g/mol. The van der Waals surface area contributed by atoms with Crippen LogP contribution in [-0.4, -0.2) is 29.6 Å². The fraction of sp³-hybridized carbons (Fsp3) is 0.538. The first-order chi connectivity index (χ1) is 8.56. The average Bonchev–Trinajstić information content (AvgIpc) is 2.28. The highest BCUT2D eigenvalue weighted by Gasteiger charge is 2.22. The quantitative estimate of drug-likeness (QED) is 0.822. The molecule has 1 aromatic heterocycles. The number of aryl methyl sites for hydroxylation is 1. The zero-order valence-corrected chi connectivity index (χ0v) is 10.7. The van der Waals surface area contributed by atoms with Gasteiger partial charge < -0.3 is 15.0 Å². The van der Waals surface area contributed by atoms with Gasteiger partial charge in [-0.3, -0.25) is 9.59 Å². The van der Waals surface area contributed by atoms with Crippen molar-refractivity contribution in [3.05, 3.63) is 33.7 Å². The second-order valence-electron chi connectivity index (χ2n) is 4.77. The maximum Gasteiger partial charge on any atom is 0.256 e. The van der Waals surface area contributed by atoms with Gasteiger partial charge in [0.2, 0.25) is 0 Å². The number of hydrogen-bond donors (Lipinski definition) is 2. The molecule has 98 valence electrons. The molecule has 5 heteroatoms. The van der Waals surface area contributed by atoms with Gasteiger partial charge in [0.1, 0.15) is 5.56 Å². The van der Waals surface area contributed by atoms with Crippen LogP contribution in [0.1, 0.15) is 35.8 Å². The number of carbonyl (C=O) groups is 1. The van der Waals surface area contributed by atoms with Crippen LogP contribution in [0.2, 0.25) is 0 Å². The van der Waals surface area contributed by atoms with E-state index in [1.54, 1.807) is 6.92 Å².